The fourth-order valence-electron chi connectivity index (χ4n) is 1.79. The molecule has 1 unspecified atom stereocenters. The molecule has 2 aromatic rings. The molecule has 20 heavy (non-hydrogen) atoms. The summed E-state index contributed by atoms with van der Waals surface area (Å²) < 4.78 is 26.9. The Morgan fingerprint density at radius 3 is 2.90 bits per heavy atom. The maximum Gasteiger partial charge on any atom is 0.240 e. The second-order valence-electron chi connectivity index (χ2n) is 4.54. The number of nitrogens with zero attached hydrogens (tertiary/aromatic N) is 1. The maximum atomic E-state index is 12.2. The van der Waals surface area contributed by atoms with Crippen LogP contribution in [0.4, 0.5) is 0 Å². The molecule has 0 aliphatic carbocycles. The van der Waals surface area contributed by atoms with E-state index in [0.717, 1.165) is 11.4 Å². The van der Waals surface area contributed by atoms with Crippen molar-refractivity contribution in [1.29, 1.82) is 0 Å². The third-order valence-electron chi connectivity index (χ3n) is 2.90. The van der Waals surface area contributed by atoms with Crippen molar-refractivity contribution in [1.82, 2.24) is 14.7 Å². The van der Waals surface area contributed by atoms with Gasteiger partial charge in [-0.25, -0.2) is 18.1 Å². The van der Waals surface area contributed by atoms with Gasteiger partial charge in [-0.3, -0.25) is 0 Å². The van der Waals surface area contributed by atoms with Crippen LogP contribution in [-0.4, -0.2) is 24.9 Å². The van der Waals surface area contributed by atoms with Crippen molar-refractivity contribution in [2.24, 2.45) is 5.73 Å². The minimum absolute atomic E-state index is 0.201. The van der Waals surface area contributed by atoms with Crippen molar-refractivity contribution in [3.05, 3.63) is 48.0 Å². The van der Waals surface area contributed by atoms with Gasteiger partial charge in [0.1, 0.15) is 5.82 Å². The first kappa shape index (κ1) is 14.7. The lowest BCUT2D eigenvalue weighted by atomic mass is 10.1. The fraction of sp³-hybridized carbons (Fsp3) is 0.308. The molecule has 0 amide bonds. The first-order valence-electron chi connectivity index (χ1n) is 6.32. The number of hydrogen-bond donors (Lipinski definition) is 3. The van der Waals surface area contributed by atoms with Crippen molar-refractivity contribution in [2.75, 3.05) is 6.54 Å². The Kier molecular flexibility index (Phi) is 4.53. The van der Waals surface area contributed by atoms with E-state index in [9.17, 15) is 8.42 Å². The number of imidazole rings is 1. The predicted octanol–water partition coefficient (Wildman–Crippen LogP) is 0.950. The highest BCUT2D eigenvalue weighted by atomic mass is 32.2. The number of H-pyrrole nitrogens is 1. The van der Waals surface area contributed by atoms with E-state index >= 15 is 0 Å². The van der Waals surface area contributed by atoms with Crippen LogP contribution < -0.4 is 10.5 Å². The van der Waals surface area contributed by atoms with Crippen LogP contribution in [0.2, 0.25) is 0 Å². The third-order valence-corrected chi connectivity index (χ3v) is 4.36. The standard InChI is InChI=1S/C13H18N4O2S/c1-10(14)11-3-2-4-12(9-11)20(18,19)17-6-5-13-15-7-8-16-13/h2-4,7-10,17H,5-6,14H2,1H3,(H,15,16). The molecule has 0 saturated heterocycles. The SMILES string of the molecule is CC(N)c1cccc(S(=O)(=O)NCCc2ncc[nH]2)c1. The Hall–Kier alpha value is -1.70. The normalized spacial score (nSPS) is 13.3. The van der Waals surface area contributed by atoms with E-state index in [0.29, 0.717) is 6.42 Å². The van der Waals surface area contributed by atoms with E-state index in [1.165, 1.54) is 0 Å². The highest BCUT2D eigenvalue weighted by Gasteiger charge is 2.14. The first-order chi connectivity index (χ1) is 9.49. The average Bonchev–Trinajstić information content (AvgIpc) is 2.92. The van der Waals surface area contributed by atoms with Crippen LogP contribution in [0.25, 0.3) is 0 Å². The van der Waals surface area contributed by atoms with Crippen LogP contribution in [0.1, 0.15) is 24.4 Å². The molecule has 1 aromatic carbocycles. The summed E-state index contributed by atoms with van der Waals surface area (Å²) in [5.41, 5.74) is 6.55. The van der Waals surface area contributed by atoms with E-state index in [2.05, 4.69) is 14.7 Å². The third kappa shape index (κ3) is 3.66. The molecule has 108 valence electrons. The largest absolute Gasteiger partial charge is 0.349 e. The molecule has 4 N–H and O–H groups in total. The molecule has 7 heteroatoms. The summed E-state index contributed by atoms with van der Waals surface area (Å²) in [6.07, 6.45) is 3.85. The summed E-state index contributed by atoms with van der Waals surface area (Å²) in [6, 6.07) is 6.46. The number of aromatic nitrogens is 2. The van der Waals surface area contributed by atoms with E-state index < -0.39 is 10.0 Å². The van der Waals surface area contributed by atoms with Gasteiger partial charge in [-0.1, -0.05) is 12.1 Å². The lowest BCUT2D eigenvalue weighted by Crippen LogP contribution is -2.26. The molecular weight excluding hydrogens is 276 g/mol. The number of rotatable bonds is 6. The number of hydrogen-bond acceptors (Lipinski definition) is 4. The lowest BCUT2D eigenvalue weighted by molar-refractivity contribution is 0.580. The molecule has 6 nitrogen and oxygen atoms in total. The topological polar surface area (TPSA) is 101 Å². The molecule has 1 atom stereocenters. The Bertz CT molecular complexity index is 651. The summed E-state index contributed by atoms with van der Waals surface area (Å²) in [7, 11) is -3.52. The van der Waals surface area contributed by atoms with Crippen LogP contribution in [0.3, 0.4) is 0 Å². The van der Waals surface area contributed by atoms with Crippen LogP contribution in [-0.2, 0) is 16.4 Å². The van der Waals surface area contributed by atoms with Crippen molar-refractivity contribution in [2.45, 2.75) is 24.3 Å². The number of sulfonamides is 1. The molecule has 0 fully saturated rings. The summed E-state index contributed by atoms with van der Waals surface area (Å²) in [6.45, 7) is 2.11. The number of aromatic amines is 1. The highest BCUT2D eigenvalue weighted by Crippen LogP contribution is 2.15. The Morgan fingerprint density at radius 1 is 1.45 bits per heavy atom. The van der Waals surface area contributed by atoms with E-state index in [-0.39, 0.29) is 17.5 Å². The minimum atomic E-state index is -3.52. The zero-order valence-corrected chi connectivity index (χ0v) is 12.0. The Balaban J connectivity index is 2.04. The second-order valence-corrected chi connectivity index (χ2v) is 6.31. The molecule has 0 aliphatic heterocycles. The quantitative estimate of drug-likeness (QED) is 0.738. The molecule has 1 aromatic heterocycles. The van der Waals surface area contributed by atoms with Gasteiger partial charge < -0.3 is 10.7 Å². The molecule has 0 radical (unpaired) electrons. The predicted molar refractivity (Wildman–Crippen MR) is 76.5 cm³/mol. The summed E-state index contributed by atoms with van der Waals surface area (Å²) in [5.74, 6) is 0.747. The van der Waals surface area contributed by atoms with Gasteiger partial charge in [-0.15, -0.1) is 0 Å². The highest BCUT2D eigenvalue weighted by molar-refractivity contribution is 7.89. The van der Waals surface area contributed by atoms with Gasteiger partial charge >= 0.3 is 0 Å². The van der Waals surface area contributed by atoms with Gasteiger partial charge in [0.15, 0.2) is 0 Å². The minimum Gasteiger partial charge on any atom is -0.349 e. The van der Waals surface area contributed by atoms with Gasteiger partial charge in [-0.05, 0) is 24.6 Å². The van der Waals surface area contributed by atoms with E-state index in [1.807, 2.05) is 13.0 Å². The summed E-state index contributed by atoms with van der Waals surface area (Å²) in [5, 5.41) is 0. The second kappa shape index (κ2) is 6.17. The van der Waals surface area contributed by atoms with Crippen LogP contribution >= 0.6 is 0 Å². The summed E-state index contributed by atoms with van der Waals surface area (Å²) in [4.78, 5) is 7.19. The molecule has 0 aliphatic rings. The van der Waals surface area contributed by atoms with Gasteiger partial charge in [0, 0.05) is 31.4 Å². The Morgan fingerprint density at radius 2 is 2.25 bits per heavy atom. The zero-order chi connectivity index (χ0) is 14.6. The van der Waals surface area contributed by atoms with E-state index in [1.54, 1.807) is 30.6 Å². The number of nitrogens with two attached hydrogens (primary N) is 1. The van der Waals surface area contributed by atoms with Crippen molar-refractivity contribution >= 4 is 10.0 Å². The van der Waals surface area contributed by atoms with Crippen LogP contribution in [0, 0.1) is 0 Å². The zero-order valence-electron chi connectivity index (χ0n) is 11.2. The lowest BCUT2D eigenvalue weighted by Gasteiger charge is -2.09. The average molecular weight is 294 g/mol. The van der Waals surface area contributed by atoms with Crippen molar-refractivity contribution in [3.8, 4) is 0 Å². The van der Waals surface area contributed by atoms with Gasteiger partial charge in [0.2, 0.25) is 10.0 Å². The monoisotopic (exact) mass is 294 g/mol. The molecule has 1 heterocycles. The van der Waals surface area contributed by atoms with Crippen molar-refractivity contribution in [3.63, 3.8) is 0 Å². The summed E-state index contributed by atoms with van der Waals surface area (Å²) >= 11 is 0. The smallest absolute Gasteiger partial charge is 0.240 e. The van der Waals surface area contributed by atoms with E-state index in [4.69, 9.17) is 5.73 Å². The number of benzene rings is 1. The molecule has 0 saturated carbocycles. The Labute approximate surface area is 118 Å². The van der Waals surface area contributed by atoms with Crippen LogP contribution in [0.15, 0.2) is 41.6 Å². The maximum absolute atomic E-state index is 12.2. The molecule has 2 rings (SSSR count). The molecule has 0 spiro atoms. The molecular formula is C13H18N4O2S. The van der Waals surface area contributed by atoms with Crippen LogP contribution in [0.5, 0.6) is 0 Å². The number of nitrogens with one attached hydrogen (secondary N) is 2. The fourth-order valence-corrected chi connectivity index (χ4v) is 2.87. The van der Waals surface area contributed by atoms with Gasteiger partial charge in [-0.2, -0.15) is 0 Å². The molecule has 0 bridgehead atoms. The van der Waals surface area contributed by atoms with Gasteiger partial charge in [0.25, 0.3) is 0 Å². The first-order valence-corrected chi connectivity index (χ1v) is 7.81. The van der Waals surface area contributed by atoms with Crippen molar-refractivity contribution < 1.29 is 8.42 Å². The van der Waals surface area contributed by atoms with Gasteiger partial charge in [0.05, 0.1) is 4.90 Å².